The molecule has 4 heteroatoms. The van der Waals surface area contributed by atoms with Gasteiger partial charge >= 0.3 is 0 Å². The fourth-order valence-corrected chi connectivity index (χ4v) is 3.86. The van der Waals surface area contributed by atoms with Gasteiger partial charge in [-0.15, -0.1) is 0 Å². The van der Waals surface area contributed by atoms with Crippen LogP contribution in [0.4, 0.5) is 11.4 Å². The van der Waals surface area contributed by atoms with Crippen LogP contribution in [0.2, 0.25) is 0 Å². The van der Waals surface area contributed by atoms with Crippen LogP contribution in [0.1, 0.15) is 39.5 Å². The lowest BCUT2D eigenvalue weighted by molar-refractivity contribution is -0.00521. The van der Waals surface area contributed by atoms with Crippen molar-refractivity contribution in [3.8, 4) is 0 Å². The zero-order valence-corrected chi connectivity index (χ0v) is 14.5. The van der Waals surface area contributed by atoms with Crippen molar-refractivity contribution >= 4 is 11.4 Å². The van der Waals surface area contributed by atoms with E-state index in [0.29, 0.717) is 18.2 Å². The number of nitrogens with two attached hydrogens (primary N) is 1. The number of hydrogen-bond donors (Lipinski definition) is 2. The van der Waals surface area contributed by atoms with Crippen LogP contribution in [0.25, 0.3) is 0 Å². The van der Waals surface area contributed by atoms with Crippen LogP contribution < -0.4 is 16.0 Å². The van der Waals surface area contributed by atoms with Gasteiger partial charge in [0.05, 0.1) is 12.2 Å². The van der Waals surface area contributed by atoms with Crippen molar-refractivity contribution in [3.63, 3.8) is 0 Å². The van der Waals surface area contributed by atoms with Gasteiger partial charge in [-0.05, 0) is 63.6 Å². The van der Waals surface area contributed by atoms with E-state index in [1.54, 1.807) is 0 Å². The minimum atomic E-state index is 0.293. The van der Waals surface area contributed by atoms with E-state index in [9.17, 15) is 0 Å². The Bertz CT molecular complexity index is 489. The lowest BCUT2D eigenvalue weighted by Gasteiger charge is -2.37. The van der Waals surface area contributed by atoms with Crippen LogP contribution in [0, 0.1) is 5.92 Å². The SMILES string of the molecule is C[C@@H]1CN(c2cccc(NC[C@H]3CC[C@H](N)CC3)c2)C[C@H](C)O1. The third-order valence-corrected chi connectivity index (χ3v) is 5.12. The van der Waals surface area contributed by atoms with Gasteiger partial charge in [0.25, 0.3) is 0 Å². The Morgan fingerprint density at radius 3 is 2.52 bits per heavy atom. The van der Waals surface area contributed by atoms with Gasteiger partial charge in [0.15, 0.2) is 0 Å². The molecule has 128 valence electrons. The summed E-state index contributed by atoms with van der Waals surface area (Å²) in [7, 11) is 0. The molecular formula is C19H31N3O. The molecule has 1 saturated carbocycles. The highest BCUT2D eigenvalue weighted by Gasteiger charge is 2.22. The summed E-state index contributed by atoms with van der Waals surface area (Å²) in [6, 6.07) is 9.24. The quantitative estimate of drug-likeness (QED) is 0.895. The average molecular weight is 317 g/mol. The number of anilines is 2. The molecule has 3 N–H and O–H groups in total. The van der Waals surface area contributed by atoms with Crippen LogP contribution in [-0.2, 0) is 4.74 Å². The molecule has 1 aliphatic carbocycles. The Kier molecular flexibility index (Phi) is 5.44. The molecule has 3 rings (SSSR count). The second-order valence-corrected chi connectivity index (χ2v) is 7.37. The molecule has 1 heterocycles. The van der Waals surface area contributed by atoms with Gasteiger partial charge in [0, 0.05) is 37.1 Å². The number of rotatable bonds is 4. The van der Waals surface area contributed by atoms with Gasteiger partial charge < -0.3 is 20.7 Å². The fourth-order valence-electron chi connectivity index (χ4n) is 3.86. The largest absolute Gasteiger partial charge is 0.385 e. The summed E-state index contributed by atoms with van der Waals surface area (Å²) < 4.78 is 5.84. The fraction of sp³-hybridized carbons (Fsp3) is 0.684. The minimum absolute atomic E-state index is 0.293. The van der Waals surface area contributed by atoms with E-state index >= 15 is 0 Å². The van der Waals surface area contributed by atoms with E-state index in [1.807, 2.05) is 0 Å². The molecule has 1 aliphatic heterocycles. The summed E-state index contributed by atoms with van der Waals surface area (Å²) in [5.74, 6) is 0.766. The molecule has 0 bridgehead atoms. The molecule has 1 aromatic carbocycles. The first-order valence-electron chi connectivity index (χ1n) is 9.10. The van der Waals surface area contributed by atoms with E-state index < -0.39 is 0 Å². The molecule has 0 unspecified atom stereocenters. The third-order valence-electron chi connectivity index (χ3n) is 5.12. The number of ether oxygens (including phenoxy) is 1. The summed E-state index contributed by atoms with van der Waals surface area (Å²) >= 11 is 0. The van der Waals surface area contributed by atoms with Crippen molar-refractivity contribution in [3.05, 3.63) is 24.3 Å². The van der Waals surface area contributed by atoms with E-state index in [4.69, 9.17) is 10.5 Å². The monoisotopic (exact) mass is 317 g/mol. The van der Waals surface area contributed by atoms with Gasteiger partial charge in [-0.3, -0.25) is 0 Å². The lowest BCUT2D eigenvalue weighted by Crippen LogP contribution is -2.45. The Labute approximate surface area is 140 Å². The normalized spacial score (nSPS) is 31.9. The second kappa shape index (κ2) is 7.54. The molecule has 2 aliphatic rings. The number of nitrogens with zero attached hydrogens (tertiary/aromatic N) is 1. The highest BCUT2D eigenvalue weighted by Crippen LogP contribution is 2.26. The maximum absolute atomic E-state index is 5.99. The highest BCUT2D eigenvalue weighted by molar-refractivity contribution is 5.58. The van der Waals surface area contributed by atoms with Crippen molar-refractivity contribution < 1.29 is 4.74 Å². The predicted octanol–water partition coefficient (Wildman–Crippen LogP) is 3.23. The summed E-state index contributed by atoms with van der Waals surface area (Å²) in [5.41, 5.74) is 8.51. The summed E-state index contributed by atoms with van der Waals surface area (Å²) in [6.07, 6.45) is 5.45. The van der Waals surface area contributed by atoms with Crippen LogP contribution >= 0.6 is 0 Å². The van der Waals surface area contributed by atoms with Crippen LogP contribution in [0.3, 0.4) is 0 Å². The maximum Gasteiger partial charge on any atom is 0.0726 e. The summed E-state index contributed by atoms with van der Waals surface area (Å²) in [5, 5.41) is 3.63. The molecule has 0 radical (unpaired) electrons. The highest BCUT2D eigenvalue weighted by atomic mass is 16.5. The Hall–Kier alpha value is -1.26. The molecule has 1 saturated heterocycles. The standard InChI is InChI=1S/C19H31N3O/c1-14-12-22(13-15(2)23-14)19-5-3-4-18(10-19)21-11-16-6-8-17(20)9-7-16/h3-5,10,14-17,21H,6-9,11-13,20H2,1-2H3/t14-,15+,16-,17-. The first-order valence-corrected chi connectivity index (χ1v) is 9.10. The minimum Gasteiger partial charge on any atom is -0.385 e. The molecule has 2 fully saturated rings. The molecule has 0 amide bonds. The maximum atomic E-state index is 5.99. The van der Waals surface area contributed by atoms with Crippen LogP contribution in [0.5, 0.6) is 0 Å². The Balaban J connectivity index is 1.57. The molecule has 0 spiro atoms. The summed E-state index contributed by atoms with van der Waals surface area (Å²) in [4.78, 5) is 2.43. The van der Waals surface area contributed by atoms with Crippen LogP contribution in [0.15, 0.2) is 24.3 Å². The first-order chi connectivity index (χ1) is 11.1. The number of hydrogen-bond acceptors (Lipinski definition) is 4. The zero-order valence-electron chi connectivity index (χ0n) is 14.5. The smallest absolute Gasteiger partial charge is 0.0726 e. The number of benzene rings is 1. The molecule has 2 atom stereocenters. The Morgan fingerprint density at radius 1 is 1.13 bits per heavy atom. The first kappa shape index (κ1) is 16.6. The number of morpholine rings is 1. The van der Waals surface area contributed by atoms with Crippen LogP contribution in [-0.4, -0.2) is 37.9 Å². The van der Waals surface area contributed by atoms with Crippen molar-refractivity contribution in [2.75, 3.05) is 29.9 Å². The van der Waals surface area contributed by atoms with Crippen molar-refractivity contribution in [1.29, 1.82) is 0 Å². The molecule has 23 heavy (non-hydrogen) atoms. The molecular weight excluding hydrogens is 286 g/mol. The van der Waals surface area contributed by atoms with Gasteiger partial charge in [0.2, 0.25) is 0 Å². The predicted molar refractivity (Wildman–Crippen MR) is 97.1 cm³/mol. The average Bonchev–Trinajstić information content (AvgIpc) is 2.54. The molecule has 1 aromatic rings. The van der Waals surface area contributed by atoms with Gasteiger partial charge in [-0.25, -0.2) is 0 Å². The van der Waals surface area contributed by atoms with Crippen molar-refractivity contribution in [2.24, 2.45) is 11.7 Å². The third kappa shape index (κ3) is 4.61. The van der Waals surface area contributed by atoms with Gasteiger partial charge in [0.1, 0.15) is 0 Å². The Morgan fingerprint density at radius 2 is 1.83 bits per heavy atom. The lowest BCUT2D eigenvalue weighted by atomic mass is 9.86. The topological polar surface area (TPSA) is 50.5 Å². The van der Waals surface area contributed by atoms with E-state index in [1.165, 1.54) is 37.1 Å². The van der Waals surface area contributed by atoms with Gasteiger partial charge in [-0.2, -0.15) is 0 Å². The summed E-state index contributed by atoms with van der Waals surface area (Å²) in [6.45, 7) is 7.30. The van der Waals surface area contributed by atoms with Crippen molar-refractivity contribution in [2.45, 2.75) is 57.8 Å². The van der Waals surface area contributed by atoms with Gasteiger partial charge in [-0.1, -0.05) is 6.07 Å². The second-order valence-electron chi connectivity index (χ2n) is 7.37. The zero-order chi connectivity index (χ0) is 16.2. The van der Waals surface area contributed by atoms with E-state index in [0.717, 1.165) is 25.6 Å². The molecule has 0 aromatic heterocycles. The van der Waals surface area contributed by atoms with Crippen molar-refractivity contribution in [1.82, 2.24) is 0 Å². The molecule has 4 nitrogen and oxygen atoms in total. The van der Waals surface area contributed by atoms with E-state index in [2.05, 4.69) is 48.3 Å². The number of nitrogens with one attached hydrogen (secondary N) is 1. The van der Waals surface area contributed by atoms with E-state index in [-0.39, 0.29) is 0 Å².